The van der Waals surface area contributed by atoms with E-state index in [1.54, 1.807) is 6.92 Å². The van der Waals surface area contributed by atoms with Crippen molar-refractivity contribution in [2.24, 2.45) is 17.8 Å². The highest BCUT2D eigenvalue weighted by atomic mass is 32.1. The van der Waals surface area contributed by atoms with E-state index in [1.807, 2.05) is 14.7 Å². The zero-order chi connectivity index (χ0) is 43.2. The van der Waals surface area contributed by atoms with Crippen LogP contribution < -0.4 is 10.6 Å². The topological polar surface area (TPSA) is 200 Å². The minimum absolute atomic E-state index is 0.0100. The maximum Gasteiger partial charge on any atom is 0.321 e. The number of imide groups is 1. The Labute approximate surface area is 361 Å². The second-order valence-corrected chi connectivity index (χ2v) is 18.5. The number of carbonyl (C=O) groups excluding carboxylic acids is 5. The number of nitrogens with one attached hydrogen (secondary N) is 2. The van der Waals surface area contributed by atoms with Crippen LogP contribution in [0.3, 0.4) is 0 Å². The van der Waals surface area contributed by atoms with Gasteiger partial charge in [-0.25, -0.2) is 0 Å². The number of nitrogens with zero attached hydrogens (tertiary/aromatic N) is 5. The number of carboxylic acid groups (broad SMARTS) is 2. The molecule has 338 valence electrons. The summed E-state index contributed by atoms with van der Waals surface area (Å²) in [5, 5.41) is 26.3. The third-order valence-electron chi connectivity index (χ3n) is 14.1. The highest BCUT2D eigenvalue weighted by Crippen LogP contribution is 2.33. The van der Waals surface area contributed by atoms with Crippen molar-refractivity contribution in [2.75, 3.05) is 72.0 Å². The number of hydrogen-bond donors (Lipinski definition) is 5. The molecule has 3 aliphatic carbocycles. The Morgan fingerprint density at radius 2 is 1.10 bits per heavy atom. The molecule has 2 unspecified atom stereocenters. The Morgan fingerprint density at radius 1 is 0.667 bits per heavy atom. The van der Waals surface area contributed by atoms with Gasteiger partial charge in [0.1, 0.15) is 18.4 Å². The van der Waals surface area contributed by atoms with E-state index < -0.39 is 53.0 Å². The molecule has 0 aromatic heterocycles. The van der Waals surface area contributed by atoms with E-state index in [4.69, 9.17) is 0 Å². The molecule has 3 saturated carbocycles. The predicted molar refractivity (Wildman–Crippen MR) is 228 cm³/mol. The summed E-state index contributed by atoms with van der Waals surface area (Å²) < 4.78 is 0. The molecule has 0 radical (unpaired) electrons. The third-order valence-corrected chi connectivity index (χ3v) is 14.5. The minimum Gasteiger partial charge on any atom is -0.480 e. The van der Waals surface area contributed by atoms with Gasteiger partial charge < -0.3 is 25.6 Å². The van der Waals surface area contributed by atoms with Crippen LogP contribution in [0.5, 0.6) is 0 Å². The molecule has 0 aromatic rings. The lowest BCUT2D eigenvalue weighted by atomic mass is 9.82. The molecule has 2 heterocycles. The summed E-state index contributed by atoms with van der Waals surface area (Å²) in [6.07, 6.45) is 15.7. The van der Waals surface area contributed by atoms with Gasteiger partial charge in [0, 0.05) is 71.9 Å². The molecule has 5 fully saturated rings. The van der Waals surface area contributed by atoms with E-state index in [1.165, 1.54) is 0 Å². The van der Waals surface area contributed by atoms with Crippen LogP contribution >= 0.6 is 12.6 Å². The van der Waals surface area contributed by atoms with Crippen molar-refractivity contribution in [3.05, 3.63) is 0 Å². The highest BCUT2D eigenvalue weighted by Gasteiger charge is 2.40. The molecule has 60 heavy (non-hydrogen) atoms. The van der Waals surface area contributed by atoms with E-state index in [-0.39, 0.29) is 55.8 Å². The average Bonchev–Trinajstić information content (AvgIpc) is 3.48. The maximum absolute atomic E-state index is 13.8. The molecule has 0 bridgehead atoms. The maximum atomic E-state index is 13.8. The van der Waals surface area contributed by atoms with E-state index in [0.29, 0.717) is 52.4 Å². The van der Waals surface area contributed by atoms with Crippen LogP contribution in [0.25, 0.3) is 0 Å². The smallest absolute Gasteiger partial charge is 0.321 e. The predicted octanol–water partition coefficient (Wildman–Crippen LogP) is 2.10. The van der Waals surface area contributed by atoms with Crippen molar-refractivity contribution in [2.45, 2.75) is 139 Å². The van der Waals surface area contributed by atoms with Crippen molar-refractivity contribution in [3.63, 3.8) is 0 Å². The number of rotatable bonds is 16. The highest BCUT2D eigenvalue weighted by molar-refractivity contribution is 7.81. The molecule has 5 rings (SSSR count). The normalized spacial score (nSPS) is 25.7. The molecule has 4 N–H and O–H groups in total. The molecular formula is C43H71N7O9S. The van der Waals surface area contributed by atoms with Crippen molar-refractivity contribution >= 4 is 54.5 Å². The molecule has 4 amide bonds. The summed E-state index contributed by atoms with van der Waals surface area (Å²) >= 11 is 4.13. The molecule has 0 spiro atoms. The number of aliphatic carboxylic acids is 2. The summed E-state index contributed by atoms with van der Waals surface area (Å²) in [5.74, 6) is -3.20. The quantitative estimate of drug-likeness (QED) is 0.0860. The first-order chi connectivity index (χ1) is 28.9. The Hall–Kier alpha value is -3.12. The van der Waals surface area contributed by atoms with Gasteiger partial charge in [-0.2, -0.15) is 12.6 Å². The molecule has 2 aliphatic heterocycles. The van der Waals surface area contributed by atoms with Crippen molar-refractivity contribution in [1.29, 1.82) is 0 Å². The number of carbonyl (C=O) groups is 7. The summed E-state index contributed by atoms with van der Waals surface area (Å²) in [6.45, 7) is 4.57. The fraction of sp³-hybridized carbons (Fsp3) is 0.837. The van der Waals surface area contributed by atoms with Gasteiger partial charge in [-0.15, -0.1) is 0 Å². The van der Waals surface area contributed by atoms with Crippen LogP contribution in [0.2, 0.25) is 0 Å². The largest absolute Gasteiger partial charge is 0.480 e. The Bertz CT molecular complexity index is 1420. The number of hydrogen-bond acceptors (Lipinski definition) is 12. The molecule has 0 aromatic carbocycles. The first-order valence-electron chi connectivity index (χ1n) is 22.8. The first kappa shape index (κ1) is 47.9. The van der Waals surface area contributed by atoms with Crippen LogP contribution in [0.15, 0.2) is 0 Å². The minimum atomic E-state index is -0.866. The Balaban J connectivity index is 1.36. The molecular weight excluding hydrogens is 791 g/mol. The summed E-state index contributed by atoms with van der Waals surface area (Å²) in [6, 6.07) is -2.53. The van der Waals surface area contributed by atoms with Crippen molar-refractivity contribution in [1.82, 2.24) is 35.1 Å². The number of likely N-dealkylation sites (tertiary alicyclic amines) is 1. The average molecular weight is 862 g/mol. The molecule has 5 aliphatic rings. The van der Waals surface area contributed by atoms with Crippen LogP contribution in [0.1, 0.15) is 110 Å². The summed E-state index contributed by atoms with van der Waals surface area (Å²) in [7, 11) is 0. The number of thiol groups is 1. The fourth-order valence-electron chi connectivity index (χ4n) is 10.7. The molecule has 16 nitrogen and oxygen atoms in total. The van der Waals surface area contributed by atoms with Gasteiger partial charge in [-0.05, 0) is 63.2 Å². The van der Waals surface area contributed by atoms with E-state index in [9.17, 15) is 43.8 Å². The van der Waals surface area contributed by atoms with E-state index in [0.717, 1.165) is 107 Å². The lowest BCUT2D eigenvalue weighted by molar-refractivity contribution is -0.147. The third kappa shape index (κ3) is 13.2. The van der Waals surface area contributed by atoms with Crippen LogP contribution in [-0.2, 0) is 33.6 Å². The fourth-order valence-corrected chi connectivity index (χ4v) is 10.9. The molecule has 2 saturated heterocycles. The van der Waals surface area contributed by atoms with Crippen LogP contribution in [-0.4, -0.2) is 178 Å². The lowest BCUT2D eigenvalue weighted by Crippen LogP contribution is -2.58. The van der Waals surface area contributed by atoms with Crippen LogP contribution in [0, 0.1) is 17.8 Å². The zero-order valence-electron chi connectivity index (χ0n) is 35.7. The van der Waals surface area contributed by atoms with Crippen molar-refractivity contribution in [3.8, 4) is 0 Å². The van der Waals surface area contributed by atoms with Gasteiger partial charge >= 0.3 is 11.9 Å². The van der Waals surface area contributed by atoms with Gasteiger partial charge in [0.15, 0.2) is 0 Å². The monoisotopic (exact) mass is 862 g/mol. The number of amides is 4. The van der Waals surface area contributed by atoms with Gasteiger partial charge in [0.25, 0.3) is 0 Å². The number of carboxylic acids is 2. The molecule has 5 atom stereocenters. The molecule has 17 heteroatoms. The SMILES string of the molecule is CC(C(=O)NCC(=O)NCCN1C(=O)CC(S)C1=O)N1CCN([C@@H](C(=O)O)C2CCCCC2)CCN([C@@H](C=O)C2CCCCC2)CCN([C@@H](C(=O)O)C2CCCCC2)CC1. The Morgan fingerprint density at radius 3 is 1.52 bits per heavy atom. The van der Waals surface area contributed by atoms with Crippen molar-refractivity contribution < 1.29 is 43.8 Å². The Kier molecular flexibility index (Phi) is 19.1. The van der Waals surface area contributed by atoms with Gasteiger partial charge in [-0.1, -0.05) is 57.8 Å². The van der Waals surface area contributed by atoms with Crippen LogP contribution in [0.4, 0.5) is 0 Å². The number of aldehydes is 1. The van der Waals surface area contributed by atoms with Gasteiger partial charge in [0.05, 0.1) is 23.9 Å². The summed E-state index contributed by atoms with van der Waals surface area (Å²) in [4.78, 5) is 99.5. The second kappa shape index (κ2) is 23.9. The standard InChI is InChI=1S/C43H71N7O9S/c1-30(40(54)45-28-36(52)44-17-18-50-37(53)27-35(60)41(50)55)46-19-23-48(38(42(56)57)32-13-7-3-8-14-32)25-21-47(34(29-51)31-11-5-2-6-12-31)22-26-49(24-20-46)39(43(58)59)33-15-9-4-10-16-33/h29-35,38-39,60H,2-28H2,1H3,(H,44,52)(H,45,54)(H,56,57)(H,58,59)/t30?,34-,35?,38+,39+/m0/s1. The summed E-state index contributed by atoms with van der Waals surface area (Å²) in [5.41, 5.74) is 0. The first-order valence-corrected chi connectivity index (χ1v) is 23.3. The van der Waals surface area contributed by atoms with E-state index >= 15 is 0 Å². The van der Waals surface area contributed by atoms with Gasteiger partial charge in [-0.3, -0.25) is 53.3 Å². The van der Waals surface area contributed by atoms with E-state index in [2.05, 4.69) is 28.2 Å². The van der Waals surface area contributed by atoms with Gasteiger partial charge in [0.2, 0.25) is 23.6 Å². The second-order valence-electron chi connectivity index (χ2n) is 17.9. The zero-order valence-corrected chi connectivity index (χ0v) is 36.6. The lowest BCUT2D eigenvalue weighted by Gasteiger charge is -2.43.